The summed E-state index contributed by atoms with van der Waals surface area (Å²) in [6.45, 7) is 10.4. The van der Waals surface area contributed by atoms with E-state index in [9.17, 15) is 0 Å². The molecular weight excluding hydrogens is 146 g/mol. The van der Waals surface area contributed by atoms with Crippen molar-refractivity contribution in [3.05, 3.63) is 0 Å². The van der Waals surface area contributed by atoms with Gasteiger partial charge in [0.2, 0.25) is 0 Å². The van der Waals surface area contributed by atoms with E-state index < -0.39 is 0 Å². The predicted molar refractivity (Wildman–Crippen MR) is 56.4 cm³/mol. The molecule has 0 aliphatic rings. The fraction of sp³-hybridized carbons (Fsp3) is 1.00. The molecular formula is C11H25N. The molecule has 0 saturated heterocycles. The molecule has 1 atom stereocenters. The quantitative estimate of drug-likeness (QED) is 0.647. The molecule has 1 unspecified atom stereocenters. The smallest absolute Gasteiger partial charge is 0.000206 e. The van der Waals surface area contributed by atoms with Crippen LogP contribution in [-0.2, 0) is 0 Å². The monoisotopic (exact) mass is 171 g/mol. The first-order valence-electron chi connectivity index (χ1n) is 5.18. The molecule has 0 bridgehead atoms. The highest BCUT2D eigenvalue weighted by Gasteiger charge is 2.20. The molecule has 0 radical (unpaired) electrons. The maximum absolute atomic E-state index is 3.28. The van der Waals surface area contributed by atoms with Gasteiger partial charge in [-0.2, -0.15) is 0 Å². The summed E-state index contributed by atoms with van der Waals surface area (Å²) in [6, 6.07) is 0. The SMILES string of the molecule is CCC(C)(CCC(C)C)CNC. The van der Waals surface area contributed by atoms with Gasteiger partial charge in [-0.15, -0.1) is 0 Å². The normalized spacial score (nSPS) is 16.5. The van der Waals surface area contributed by atoms with E-state index in [1.807, 2.05) is 7.05 Å². The van der Waals surface area contributed by atoms with E-state index in [-0.39, 0.29) is 0 Å². The number of hydrogen-bond donors (Lipinski definition) is 1. The Balaban J connectivity index is 3.78. The van der Waals surface area contributed by atoms with E-state index in [1.54, 1.807) is 0 Å². The predicted octanol–water partition coefficient (Wildman–Crippen LogP) is 3.06. The van der Waals surface area contributed by atoms with Crippen LogP contribution in [0.4, 0.5) is 0 Å². The Morgan fingerprint density at radius 1 is 1.33 bits per heavy atom. The summed E-state index contributed by atoms with van der Waals surface area (Å²) < 4.78 is 0. The van der Waals surface area contributed by atoms with Gasteiger partial charge in [0.05, 0.1) is 0 Å². The maximum Gasteiger partial charge on any atom is 0.000206 e. The molecule has 0 aliphatic heterocycles. The first-order chi connectivity index (χ1) is 5.54. The third-order valence-corrected chi connectivity index (χ3v) is 2.78. The highest BCUT2D eigenvalue weighted by molar-refractivity contribution is 4.74. The Kier molecular flexibility index (Phi) is 5.56. The van der Waals surface area contributed by atoms with Crippen molar-refractivity contribution in [1.29, 1.82) is 0 Å². The summed E-state index contributed by atoms with van der Waals surface area (Å²) in [5.41, 5.74) is 0.513. The van der Waals surface area contributed by atoms with Crippen molar-refractivity contribution in [3.8, 4) is 0 Å². The van der Waals surface area contributed by atoms with Crippen molar-refractivity contribution in [1.82, 2.24) is 5.32 Å². The Labute approximate surface area is 77.9 Å². The summed E-state index contributed by atoms with van der Waals surface area (Å²) in [5.74, 6) is 0.840. The summed E-state index contributed by atoms with van der Waals surface area (Å²) in [6.07, 6.45) is 3.98. The van der Waals surface area contributed by atoms with Crippen molar-refractivity contribution >= 4 is 0 Å². The fourth-order valence-electron chi connectivity index (χ4n) is 1.45. The molecule has 0 aliphatic carbocycles. The van der Waals surface area contributed by atoms with E-state index in [4.69, 9.17) is 0 Å². The van der Waals surface area contributed by atoms with E-state index in [0.29, 0.717) is 5.41 Å². The average Bonchev–Trinajstić information content (AvgIpc) is 2.02. The molecule has 0 aromatic rings. The van der Waals surface area contributed by atoms with Crippen molar-refractivity contribution < 1.29 is 0 Å². The highest BCUT2D eigenvalue weighted by Crippen LogP contribution is 2.28. The third kappa shape index (κ3) is 4.76. The lowest BCUT2D eigenvalue weighted by Gasteiger charge is -2.28. The summed E-state index contributed by atoms with van der Waals surface area (Å²) >= 11 is 0. The van der Waals surface area contributed by atoms with Crippen LogP contribution in [0.2, 0.25) is 0 Å². The van der Waals surface area contributed by atoms with Gasteiger partial charge in [0.25, 0.3) is 0 Å². The molecule has 12 heavy (non-hydrogen) atoms. The van der Waals surface area contributed by atoms with Gasteiger partial charge < -0.3 is 5.32 Å². The maximum atomic E-state index is 3.28. The minimum Gasteiger partial charge on any atom is -0.319 e. The average molecular weight is 171 g/mol. The zero-order valence-electron chi connectivity index (χ0n) is 9.41. The number of hydrogen-bond acceptors (Lipinski definition) is 1. The second kappa shape index (κ2) is 5.58. The second-order valence-corrected chi connectivity index (χ2v) is 4.63. The second-order valence-electron chi connectivity index (χ2n) is 4.63. The largest absolute Gasteiger partial charge is 0.319 e. The van der Waals surface area contributed by atoms with Crippen LogP contribution < -0.4 is 5.32 Å². The van der Waals surface area contributed by atoms with Crippen LogP contribution in [0, 0.1) is 11.3 Å². The highest BCUT2D eigenvalue weighted by atomic mass is 14.8. The van der Waals surface area contributed by atoms with Gasteiger partial charge in [-0.1, -0.05) is 34.1 Å². The first-order valence-corrected chi connectivity index (χ1v) is 5.18. The molecule has 1 heteroatoms. The van der Waals surface area contributed by atoms with Crippen LogP contribution in [0.25, 0.3) is 0 Å². The molecule has 0 aromatic carbocycles. The van der Waals surface area contributed by atoms with E-state index in [2.05, 4.69) is 33.0 Å². The van der Waals surface area contributed by atoms with Gasteiger partial charge in [0.15, 0.2) is 0 Å². The molecule has 0 aromatic heterocycles. The molecule has 0 saturated carbocycles. The summed E-state index contributed by atoms with van der Waals surface area (Å²) in [5, 5.41) is 3.28. The van der Waals surface area contributed by atoms with Gasteiger partial charge in [0, 0.05) is 6.54 Å². The molecule has 1 N–H and O–H groups in total. The summed E-state index contributed by atoms with van der Waals surface area (Å²) in [7, 11) is 2.04. The fourth-order valence-corrected chi connectivity index (χ4v) is 1.45. The minimum atomic E-state index is 0.513. The van der Waals surface area contributed by atoms with E-state index in [1.165, 1.54) is 19.3 Å². The van der Waals surface area contributed by atoms with Gasteiger partial charge in [0.1, 0.15) is 0 Å². The zero-order valence-corrected chi connectivity index (χ0v) is 9.41. The Hall–Kier alpha value is -0.0400. The Bertz CT molecular complexity index is 110. The third-order valence-electron chi connectivity index (χ3n) is 2.78. The van der Waals surface area contributed by atoms with Crippen LogP contribution in [0.15, 0.2) is 0 Å². The summed E-state index contributed by atoms with van der Waals surface area (Å²) in [4.78, 5) is 0. The van der Waals surface area contributed by atoms with E-state index >= 15 is 0 Å². The molecule has 0 heterocycles. The molecule has 0 spiro atoms. The topological polar surface area (TPSA) is 12.0 Å². The molecule has 0 rings (SSSR count). The first kappa shape index (κ1) is 12.0. The van der Waals surface area contributed by atoms with Crippen molar-refractivity contribution in [2.24, 2.45) is 11.3 Å². The lowest BCUT2D eigenvalue weighted by Crippen LogP contribution is -2.29. The lowest BCUT2D eigenvalue weighted by atomic mass is 9.81. The van der Waals surface area contributed by atoms with Gasteiger partial charge in [-0.3, -0.25) is 0 Å². The van der Waals surface area contributed by atoms with Crippen LogP contribution in [0.3, 0.4) is 0 Å². The van der Waals surface area contributed by atoms with Crippen LogP contribution in [0.1, 0.15) is 47.0 Å². The van der Waals surface area contributed by atoms with Crippen molar-refractivity contribution in [3.63, 3.8) is 0 Å². The Morgan fingerprint density at radius 3 is 2.25 bits per heavy atom. The van der Waals surface area contributed by atoms with Gasteiger partial charge in [-0.25, -0.2) is 0 Å². The molecule has 0 fully saturated rings. The van der Waals surface area contributed by atoms with Gasteiger partial charge >= 0.3 is 0 Å². The minimum absolute atomic E-state index is 0.513. The zero-order chi connectivity index (χ0) is 9.61. The molecule has 1 nitrogen and oxygen atoms in total. The van der Waals surface area contributed by atoms with Crippen LogP contribution >= 0.6 is 0 Å². The van der Waals surface area contributed by atoms with Crippen LogP contribution in [-0.4, -0.2) is 13.6 Å². The van der Waals surface area contributed by atoms with Crippen LogP contribution in [0.5, 0.6) is 0 Å². The van der Waals surface area contributed by atoms with E-state index in [0.717, 1.165) is 12.5 Å². The molecule has 74 valence electrons. The van der Waals surface area contributed by atoms with Crippen molar-refractivity contribution in [2.75, 3.05) is 13.6 Å². The standard InChI is InChI=1S/C11H25N/c1-6-11(4,9-12-5)8-7-10(2)3/h10,12H,6-9H2,1-5H3. The van der Waals surface area contributed by atoms with Crippen molar-refractivity contribution in [2.45, 2.75) is 47.0 Å². The number of rotatable bonds is 6. The number of nitrogens with one attached hydrogen (secondary N) is 1. The Morgan fingerprint density at radius 2 is 1.92 bits per heavy atom. The lowest BCUT2D eigenvalue weighted by molar-refractivity contribution is 0.255. The molecule has 0 amide bonds. The van der Waals surface area contributed by atoms with Gasteiger partial charge in [-0.05, 0) is 31.2 Å².